The molecule has 0 rings (SSSR count). The zero-order chi connectivity index (χ0) is 7.28. The number of hydrogen-bond donors (Lipinski definition) is 1. The van der Waals surface area contributed by atoms with Crippen LogP contribution in [0, 0.1) is 5.92 Å². The van der Waals surface area contributed by atoms with E-state index in [1.807, 2.05) is 0 Å². The van der Waals surface area contributed by atoms with E-state index in [1.165, 1.54) is 19.3 Å². The second-order valence-corrected chi connectivity index (χ2v) is 3.40. The molecule has 2 unspecified atom stereocenters. The quantitative estimate of drug-likeness (QED) is 0.579. The van der Waals surface area contributed by atoms with Gasteiger partial charge in [0, 0.05) is 5.25 Å². The largest absolute Gasteiger partial charge is 0.176 e. The molecule has 0 aliphatic heterocycles. The Balaban J connectivity index is 3.32. The molecule has 0 nitrogen and oxygen atoms in total. The lowest BCUT2D eigenvalue weighted by atomic mass is 10.0. The summed E-state index contributed by atoms with van der Waals surface area (Å²) in [6.07, 6.45) is 3.78. The van der Waals surface area contributed by atoms with E-state index in [9.17, 15) is 0 Å². The zero-order valence-electron chi connectivity index (χ0n) is 6.72. The average molecular weight is 146 g/mol. The Bertz CT molecular complexity index is 61.6. The van der Waals surface area contributed by atoms with Crippen molar-refractivity contribution in [1.29, 1.82) is 0 Å². The van der Waals surface area contributed by atoms with Gasteiger partial charge < -0.3 is 0 Å². The van der Waals surface area contributed by atoms with Crippen LogP contribution >= 0.6 is 12.6 Å². The van der Waals surface area contributed by atoms with Crippen LogP contribution in [-0.4, -0.2) is 5.25 Å². The maximum Gasteiger partial charge on any atom is 0.00422 e. The second kappa shape index (κ2) is 5.16. The fourth-order valence-electron chi connectivity index (χ4n) is 0.852. The summed E-state index contributed by atoms with van der Waals surface area (Å²) in [6, 6.07) is 0. The fourth-order valence-corrected chi connectivity index (χ4v) is 1.32. The number of hydrogen-bond acceptors (Lipinski definition) is 1. The lowest BCUT2D eigenvalue weighted by Gasteiger charge is -2.15. The molecule has 0 radical (unpaired) electrons. The summed E-state index contributed by atoms with van der Waals surface area (Å²) in [6.45, 7) is 6.71. The van der Waals surface area contributed by atoms with Crippen molar-refractivity contribution in [2.24, 2.45) is 5.92 Å². The molecule has 0 saturated heterocycles. The van der Waals surface area contributed by atoms with E-state index in [1.54, 1.807) is 0 Å². The Morgan fingerprint density at radius 2 is 1.89 bits per heavy atom. The van der Waals surface area contributed by atoms with Gasteiger partial charge in [-0.3, -0.25) is 0 Å². The van der Waals surface area contributed by atoms with Gasteiger partial charge in [-0.25, -0.2) is 0 Å². The fraction of sp³-hybridized carbons (Fsp3) is 1.00. The van der Waals surface area contributed by atoms with Crippen molar-refractivity contribution >= 4 is 12.6 Å². The smallest absolute Gasteiger partial charge is 0.00422 e. The molecule has 0 aliphatic carbocycles. The van der Waals surface area contributed by atoms with Gasteiger partial charge in [-0.2, -0.15) is 12.6 Å². The first kappa shape index (κ1) is 9.35. The summed E-state index contributed by atoms with van der Waals surface area (Å²) in [5.74, 6) is 0.785. The van der Waals surface area contributed by atoms with E-state index in [4.69, 9.17) is 0 Å². The number of thiol groups is 1. The van der Waals surface area contributed by atoms with Crippen LogP contribution in [0.4, 0.5) is 0 Å². The molecule has 0 aromatic rings. The average Bonchev–Trinajstić information content (AvgIpc) is 1.87. The summed E-state index contributed by atoms with van der Waals surface area (Å²) in [5.41, 5.74) is 0. The van der Waals surface area contributed by atoms with E-state index < -0.39 is 0 Å². The molecule has 1 heteroatoms. The van der Waals surface area contributed by atoms with Crippen molar-refractivity contribution in [1.82, 2.24) is 0 Å². The van der Waals surface area contributed by atoms with Gasteiger partial charge in [-0.1, -0.05) is 33.6 Å². The van der Waals surface area contributed by atoms with Gasteiger partial charge in [0.25, 0.3) is 0 Å². The SMILES string of the molecule is CCCC(S)C(C)CC. The van der Waals surface area contributed by atoms with Crippen molar-refractivity contribution in [3.63, 3.8) is 0 Å². The lowest BCUT2D eigenvalue weighted by Crippen LogP contribution is -2.09. The van der Waals surface area contributed by atoms with Crippen molar-refractivity contribution in [3.8, 4) is 0 Å². The normalized spacial score (nSPS) is 17.3. The van der Waals surface area contributed by atoms with E-state index in [0.717, 1.165) is 5.92 Å². The molecule has 0 aliphatic rings. The predicted octanol–water partition coefficient (Wildman–Crippen LogP) is 3.13. The molecule has 0 amide bonds. The molecule has 0 fully saturated rings. The van der Waals surface area contributed by atoms with Crippen molar-refractivity contribution in [2.75, 3.05) is 0 Å². The summed E-state index contributed by atoms with van der Waals surface area (Å²) in [7, 11) is 0. The van der Waals surface area contributed by atoms with Crippen LogP contribution in [0.2, 0.25) is 0 Å². The Morgan fingerprint density at radius 1 is 1.33 bits per heavy atom. The van der Waals surface area contributed by atoms with Crippen molar-refractivity contribution < 1.29 is 0 Å². The molecule has 0 aromatic heterocycles. The molecule has 0 heterocycles. The van der Waals surface area contributed by atoms with Crippen LogP contribution in [0.5, 0.6) is 0 Å². The molecule has 9 heavy (non-hydrogen) atoms. The topological polar surface area (TPSA) is 0 Å². The third-order valence-corrected chi connectivity index (χ3v) is 2.65. The lowest BCUT2D eigenvalue weighted by molar-refractivity contribution is 0.509. The Kier molecular flexibility index (Phi) is 5.36. The zero-order valence-corrected chi connectivity index (χ0v) is 7.62. The Labute approximate surface area is 64.4 Å². The van der Waals surface area contributed by atoms with Crippen molar-refractivity contribution in [3.05, 3.63) is 0 Å². The minimum absolute atomic E-state index is 0.625. The van der Waals surface area contributed by atoms with Gasteiger partial charge in [0.1, 0.15) is 0 Å². The highest BCUT2D eigenvalue weighted by Gasteiger charge is 2.08. The third kappa shape index (κ3) is 3.85. The minimum Gasteiger partial charge on any atom is -0.176 e. The van der Waals surface area contributed by atoms with Crippen LogP contribution in [0.1, 0.15) is 40.0 Å². The Morgan fingerprint density at radius 3 is 2.22 bits per heavy atom. The van der Waals surface area contributed by atoms with Gasteiger partial charge in [-0.05, 0) is 12.3 Å². The second-order valence-electron chi connectivity index (χ2n) is 2.74. The highest BCUT2D eigenvalue weighted by molar-refractivity contribution is 7.81. The molecule has 2 atom stereocenters. The first-order valence-electron chi connectivity index (χ1n) is 3.90. The summed E-state index contributed by atoms with van der Waals surface area (Å²) in [5, 5.41) is 0.625. The first-order chi connectivity index (χ1) is 4.22. The highest BCUT2D eigenvalue weighted by atomic mass is 32.1. The maximum atomic E-state index is 4.49. The standard InChI is InChI=1S/C8H18S/c1-4-6-8(9)7(3)5-2/h7-9H,4-6H2,1-3H3. The molecule has 56 valence electrons. The Hall–Kier alpha value is 0.350. The van der Waals surface area contributed by atoms with Gasteiger partial charge in [0.15, 0.2) is 0 Å². The van der Waals surface area contributed by atoms with E-state index in [2.05, 4.69) is 33.4 Å². The third-order valence-electron chi connectivity index (χ3n) is 1.89. The number of rotatable bonds is 4. The van der Waals surface area contributed by atoms with Gasteiger partial charge in [0.05, 0.1) is 0 Å². The van der Waals surface area contributed by atoms with Crippen LogP contribution in [0.15, 0.2) is 0 Å². The molecular weight excluding hydrogens is 128 g/mol. The first-order valence-corrected chi connectivity index (χ1v) is 4.42. The van der Waals surface area contributed by atoms with Crippen LogP contribution < -0.4 is 0 Å². The molecule has 0 bridgehead atoms. The summed E-state index contributed by atoms with van der Waals surface area (Å²) >= 11 is 4.49. The molecule has 0 saturated carbocycles. The van der Waals surface area contributed by atoms with Gasteiger partial charge >= 0.3 is 0 Å². The highest BCUT2D eigenvalue weighted by Crippen LogP contribution is 2.17. The van der Waals surface area contributed by atoms with Crippen LogP contribution in [0.3, 0.4) is 0 Å². The van der Waals surface area contributed by atoms with E-state index >= 15 is 0 Å². The van der Waals surface area contributed by atoms with Crippen molar-refractivity contribution in [2.45, 2.75) is 45.3 Å². The maximum absolute atomic E-state index is 4.49. The van der Waals surface area contributed by atoms with Gasteiger partial charge in [0.2, 0.25) is 0 Å². The molecule has 0 aromatic carbocycles. The van der Waals surface area contributed by atoms with E-state index in [0.29, 0.717) is 5.25 Å². The van der Waals surface area contributed by atoms with Crippen LogP contribution in [0.25, 0.3) is 0 Å². The molecular formula is C8H18S. The monoisotopic (exact) mass is 146 g/mol. The minimum atomic E-state index is 0.625. The van der Waals surface area contributed by atoms with Gasteiger partial charge in [-0.15, -0.1) is 0 Å². The molecule has 0 spiro atoms. The summed E-state index contributed by atoms with van der Waals surface area (Å²) in [4.78, 5) is 0. The predicted molar refractivity (Wildman–Crippen MR) is 47.1 cm³/mol. The van der Waals surface area contributed by atoms with E-state index in [-0.39, 0.29) is 0 Å². The molecule has 0 N–H and O–H groups in total. The summed E-state index contributed by atoms with van der Waals surface area (Å²) < 4.78 is 0. The van der Waals surface area contributed by atoms with Crippen LogP contribution in [-0.2, 0) is 0 Å².